The van der Waals surface area contributed by atoms with Crippen LogP contribution in [-0.4, -0.2) is 29.2 Å². The number of rotatable bonds is 5. The fraction of sp³-hybridized carbons (Fsp3) is 0.417. The molecule has 94 valence electrons. The largest absolute Gasteiger partial charge is 0.338 e. The summed E-state index contributed by atoms with van der Waals surface area (Å²) in [5.41, 5.74) is 0.505. The van der Waals surface area contributed by atoms with Crippen molar-refractivity contribution in [2.75, 3.05) is 18.4 Å². The number of hydrogen-bond donors (Lipinski definition) is 0. The van der Waals surface area contributed by atoms with E-state index in [1.807, 2.05) is 6.92 Å². The second kappa shape index (κ2) is 7.24. The quantitative estimate of drug-likeness (QED) is 0.735. The van der Waals surface area contributed by atoms with Crippen molar-refractivity contribution in [1.29, 1.82) is 0 Å². The van der Waals surface area contributed by atoms with Crippen molar-refractivity contribution >= 4 is 45.0 Å². The number of alkyl halides is 1. The summed E-state index contributed by atoms with van der Waals surface area (Å²) in [4.78, 5) is 14.0. The van der Waals surface area contributed by atoms with Crippen LogP contribution in [0.25, 0.3) is 0 Å². The molecule has 0 aliphatic rings. The molecule has 1 amide bonds. The van der Waals surface area contributed by atoms with Gasteiger partial charge in [-0.3, -0.25) is 4.79 Å². The van der Waals surface area contributed by atoms with Gasteiger partial charge in [0.25, 0.3) is 5.91 Å². The maximum Gasteiger partial charge on any atom is 0.255 e. The second-order valence-corrected chi connectivity index (χ2v) is 5.24. The van der Waals surface area contributed by atoms with E-state index in [1.54, 1.807) is 23.1 Å². The van der Waals surface area contributed by atoms with Crippen molar-refractivity contribution in [2.24, 2.45) is 0 Å². The Hall–Kier alpha value is -0.250. The Balaban J connectivity index is 2.92. The maximum atomic E-state index is 12.2. The van der Waals surface area contributed by atoms with Gasteiger partial charge in [0.15, 0.2) is 0 Å². The van der Waals surface area contributed by atoms with Gasteiger partial charge in [0.05, 0.1) is 10.6 Å². The zero-order valence-corrected chi connectivity index (χ0v) is 12.6. The van der Waals surface area contributed by atoms with Crippen molar-refractivity contribution in [3.8, 4) is 0 Å². The molecule has 17 heavy (non-hydrogen) atoms. The van der Waals surface area contributed by atoms with E-state index in [0.717, 1.165) is 18.3 Å². The van der Waals surface area contributed by atoms with E-state index in [4.69, 9.17) is 23.2 Å². The number of benzene rings is 1. The van der Waals surface area contributed by atoms with Crippen LogP contribution in [0.5, 0.6) is 0 Å². The molecule has 0 atom stereocenters. The van der Waals surface area contributed by atoms with Crippen LogP contribution in [0.4, 0.5) is 0 Å². The molecule has 1 aromatic rings. The molecule has 0 aliphatic heterocycles. The van der Waals surface area contributed by atoms with Crippen LogP contribution in [0.15, 0.2) is 18.2 Å². The lowest BCUT2D eigenvalue weighted by molar-refractivity contribution is 0.0766. The first-order valence-corrected chi connectivity index (χ1v) is 7.28. The van der Waals surface area contributed by atoms with Crippen molar-refractivity contribution in [1.82, 2.24) is 4.90 Å². The third-order valence-corrected chi connectivity index (χ3v) is 3.20. The number of hydrogen-bond acceptors (Lipinski definition) is 1. The predicted octanol–water partition coefficient (Wildman–Crippen LogP) is 4.24. The maximum absolute atomic E-state index is 12.2. The Morgan fingerprint density at radius 1 is 1.35 bits per heavy atom. The first kappa shape index (κ1) is 14.8. The van der Waals surface area contributed by atoms with Gasteiger partial charge in [0, 0.05) is 23.4 Å². The Labute approximate surface area is 120 Å². The first-order valence-electron chi connectivity index (χ1n) is 5.40. The third kappa shape index (κ3) is 4.16. The average Bonchev–Trinajstić information content (AvgIpc) is 2.28. The standard InChI is InChI=1S/C12H14BrCl2NO/c1-2-6-16(7-5-13)12(17)10-4-3-9(14)8-11(10)15/h3-4,8H,2,5-7H2,1H3. The first-order chi connectivity index (χ1) is 8.10. The zero-order valence-electron chi connectivity index (χ0n) is 9.55. The molecule has 0 aromatic heterocycles. The van der Waals surface area contributed by atoms with Crippen molar-refractivity contribution < 1.29 is 4.79 Å². The van der Waals surface area contributed by atoms with Crippen LogP contribution in [0, 0.1) is 0 Å². The van der Waals surface area contributed by atoms with Gasteiger partial charge in [0.2, 0.25) is 0 Å². The summed E-state index contributed by atoms with van der Waals surface area (Å²) in [7, 11) is 0. The number of amides is 1. The van der Waals surface area contributed by atoms with E-state index in [-0.39, 0.29) is 5.91 Å². The van der Waals surface area contributed by atoms with E-state index in [1.165, 1.54) is 0 Å². The molecule has 1 rings (SSSR count). The normalized spacial score (nSPS) is 10.4. The molecule has 0 saturated heterocycles. The summed E-state index contributed by atoms with van der Waals surface area (Å²) in [5, 5.41) is 1.69. The summed E-state index contributed by atoms with van der Waals surface area (Å²) >= 11 is 15.2. The highest BCUT2D eigenvalue weighted by molar-refractivity contribution is 9.09. The molecule has 0 saturated carbocycles. The third-order valence-electron chi connectivity index (χ3n) is 2.30. The molecule has 0 radical (unpaired) electrons. The second-order valence-electron chi connectivity index (χ2n) is 3.61. The molecule has 2 nitrogen and oxygen atoms in total. The zero-order chi connectivity index (χ0) is 12.8. The van der Waals surface area contributed by atoms with Crippen molar-refractivity contribution in [3.05, 3.63) is 33.8 Å². The van der Waals surface area contributed by atoms with Crippen molar-refractivity contribution in [2.45, 2.75) is 13.3 Å². The van der Waals surface area contributed by atoms with Crippen LogP contribution < -0.4 is 0 Å². The molecule has 1 aromatic carbocycles. The van der Waals surface area contributed by atoms with Gasteiger partial charge in [-0.25, -0.2) is 0 Å². The molecule has 0 N–H and O–H groups in total. The summed E-state index contributed by atoms with van der Waals surface area (Å²) in [6.07, 6.45) is 0.921. The number of carbonyl (C=O) groups excluding carboxylic acids is 1. The molecular weight excluding hydrogens is 325 g/mol. The van der Waals surface area contributed by atoms with Gasteiger partial charge < -0.3 is 4.90 Å². The lowest BCUT2D eigenvalue weighted by atomic mass is 10.2. The van der Waals surface area contributed by atoms with Gasteiger partial charge in [-0.2, -0.15) is 0 Å². The minimum Gasteiger partial charge on any atom is -0.338 e. The molecular formula is C12H14BrCl2NO. The van der Waals surface area contributed by atoms with Crippen LogP contribution in [-0.2, 0) is 0 Å². The van der Waals surface area contributed by atoms with Gasteiger partial charge in [-0.05, 0) is 24.6 Å². The Morgan fingerprint density at radius 3 is 2.59 bits per heavy atom. The molecule has 0 aliphatic carbocycles. The van der Waals surface area contributed by atoms with Crippen LogP contribution >= 0.6 is 39.1 Å². The highest BCUT2D eigenvalue weighted by Crippen LogP contribution is 2.22. The van der Waals surface area contributed by atoms with Crippen LogP contribution in [0.3, 0.4) is 0 Å². The lowest BCUT2D eigenvalue weighted by Crippen LogP contribution is -2.33. The Bertz CT molecular complexity index is 392. The fourth-order valence-corrected chi connectivity index (χ4v) is 2.44. The summed E-state index contributed by atoms with van der Waals surface area (Å²) < 4.78 is 0. The van der Waals surface area contributed by atoms with E-state index >= 15 is 0 Å². The summed E-state index contributed by atoms with van der Waals surface area (Å²) in [5.74, 6) is -0.0482. The minimum atomic E-state index is -0.0482. The average molecular weight is 339 g/mol. The monoisotopic (exact) mass is 337 g/mol. The van der Waals surface area contributed by atoms with E-state index in [0.29, 0.717) is 22.2 Å². The number of halogens is 3. The van der Waals surface area contributed by atoms with Gasteiger partial charge in [-0.1, -0.05) is 46.1 Å². The van der Waals surface area contributed by atoms with Gasteiger partial charge in [0.1, 0.15) is 0 Å². The van der Waals surface area contributed by atoms with Gasteiger partial charge >= 0.3 is 0 Å². The topological polar surface area (TPSA) is 20.3 Å². The molecule has 0 fully saturated rings. The highest BCUT2D eigenvalue weighted by Gasteiger charge is 2.17. The molecule has 0 heterocycles. The predicted molar refractivity (Wildman–Crippen MR) is 76.5 cm³/mol. The summed E-state index contributed by atoms with van der Waals surface area (Å²) in [6, 6.07) is 4.94. The van der Waals surface area contributed by atoms with E-state index in [2.05, 4.69) is 15.9 Å². The van der Waals surface area contributed by atoms with E-state index in [9.17, 15) is 4.79 Å². The van der Waals surface area contributed by atoms with E-state index < -0.39 is 0 Å². The fourth-order valence-electron chi connectivity index (χ4n) is 1.52. The minimum absolute atomic E-state index is 0.0482. The SMILES string of the molecule is CCCN(CCBr)C(=O)c1ccc(Cl)cc1Cl. The summed E-state index contributed by atoms with van der Waals surface area (Å²) in [6.45, 7) is 3.44. The van der Waals surface area contributed by atoms with Crippen LogP contribution in [0.1, 0.15) is 23.7 Å². The highest BCUT2D eigenvalue weighted by atomic mass is 79.9. The Kier molecular flexibility index (Phi) is 6.31. The molecule has 0 unspecified atom stereocenters. The van der Waals surface area contributed by atoms with Gasteiger partial charge in [-0.15, -0.1) is 0 Å². The molecule has 0 bridgehead atoms. The number of nitrogens with zero attached hydrogens (tertiary/aromatic N) is 1. The van der Waals surface area contributed by atoms with Crippen molar-refractivity contribution in [3.63, 3.8) is 0 Å². The van der Waals surface area contributed by atoms with Crippen LogP contribution in [0.2, 0.25) is 10.0 Å². The number of carbonyl (C=O) groups is 1. The molecule has 5 heteroatoms. The lowest BCUT2D eigenvalue weighted by Gasteiger charge is -2.21. The Morgan fingerprint density at radius 2 is 2.06 bits per heavy atom. The smallest absolute Gasteiger partial charge is 0.255 e. The molecule has 0 spiro atoms.